The standard InChI is InChI=1S/C21H20F3N7O2/c1-2-31-10-8-16(28-31)15-12-17(25-20(32)18(15)19-26-29-30-27-19)13-4-6-14(7-5-13)33-11-3-9-21(22,23)24/h4-8,10,12H,2-3,9,11H2,1H3,(H,25,32)(H,26,27,29,30). The SMILES string of the molecule is CCn1ccc(-c2cc(-c3ccc(OCCCC(F)(F)F)cc3)[nH]c(=O)c2-c2nnn[nH]2)n1. The minimum Gasteiger partial charge on any atom is -0.494 e. The fourth-order valence-electron chi connectivity index (χ4n) is 3.29. The quantitative estimate of drug-likeness (QED) is 0.387. The van der Waals surface area contributed by atoms with E-state index in [-0.39, 0.29) is 24.4 Å². The highest BCUT2D eigenvalue weighted by atomic mass is 19.4. The van der Waals surface area contributed by atoms with Crippen molar-refractivity contribution in [2.24, 2.45) is 0 Å². The molecular weight excluding hydrogens is 439 g/mol. The number of aryl methyl sites for hydroxylation is 1. The summed E-state index contributed by atoms with van der Waals surface area (Å²) in [5, 5.41) is 18.1. The zero-order valence-corrected chi connectivity index (χ0v) is 17.6. The number of nitrogens with one attached hydrogen (secondary N) is 2. The number of pyridine rings is 1. The molecule has 0 bridgehead atoms. The van der Waals surface area contributed by atoms with Gasteiger partial charge in [0.2, 0.25) is 0 Å². The molecule has 4 rings (SSSR count). The van der Waals surface area contributed by atoms with Crippen molar-refractivity contribution in [3.63, 3.8) is 0 Å². The summed E-state index contributed by atoms with van der Waals surface area (Å²) in [6, 6.07) is 10.3. The van der Waals surface area contributed by atoms with Crippen molar-refractivity contribution in [1.82, 2.24) is 35.4 Å². The van der Waals surface area contributed by atoms with Crippen LogP contribution in [0.5, 0.6) is 5.75 Å². The zero-order chi connectivity index (χ0) is 23.4. The van der Waals surface area contributed by atoms with Crippen molar-refractivity contribution < 1.29 is 17.9 Å². The predicted molar refractivity (Wildman–Crippen MR) is 113 cm³/mol. The number of rotatable bonds is 8. The number of halogens is 3. The summed E-state index contributed by atoms with van der Waals surface area (Å²) < 4.78 is 43.9. The number of H-pyrrole nitrogens is 2. The van der Waals surface area contributed by atoms with Crippen LogP contribution >= 0.6 is 0 Å². The first-order valence-electron chi connectivity index (χ1n) is 10.2. The van der Waals surface area contributed by atoms with Crippen LogP contribution in [0.2, 0.25) is 0 Å². The Hall–Kier alpha value is -3.96. The maximum absolute atomic E-state index is 13.0. The van der Waals surface area contributed by atoms with Crippen LogP contribution in [0.25, 0.3) is 33.9 Å². The molecule has 0 fully saturated rings. The van der Waals surface area contributed by atoms with Gasteiger partial charge < -0.3 is 9.72 Å². The Balaban J connectivity index is 1.63. The van der Waals surface area contributed by atoms with Crippen LogP contribution in [0.4, 0.5) is 13.2 Å². The number of ether oxygens (including phenoxy) is 1. The second kappa shape index (κ2) is 9.27. The smallest absolute Gasteiger partial charge is 0.389 e. The lowest BCUT2D eigenvalue weighted by Crippen LogP contribution is -2.13. The number of aromatic amines is 2. The van der Waals surface area contributed by atoms with Gasteiger partial charge in [-0.25, -0.2) is 5.10 Å². The average Bonchev–Trinajstić information content (AvgIpc) is 3.48. The molecule has 0 saturated heterocycles. The Morgan fingerprint density at radius 3 is 2.58 bits per heavy atom. The monoisotopic (exact) mass is 459 g/mol. The van der Waals surface area contributed by atoms with Crippen LogP contribution in [0.3, 0.4) is 0 Å². The van der Waals surface area contributed by atoms with Crippen molar-refractivity contribution in [2.45, 2.75) is 32.5 Å². The molecule has 0 unspecified atom stereocenters. The normalized spacial score (nSPS) is 11.6. The fourth-order valence-corrected chi connectivity index (χ4v) is 3.29. The van der Waals surface area contributed by atoms with E-state index < -0.39 is 18.2 Å². The first-order chi connectivity index (χ1) is 15.8. The van der Waals surface area contributed by atoms with Crippen LogP contribution in [0.1, 0.15) is 19.8 Å². The molecular formula is C21H20F3N7O2. The van der Waals surface area contributed by atoms with E-state index in [4.69, 9.17) is 4.74 Å². The molecule has 33 heavy (non-hydrogen) atoms. The molecule has 0 radical (unpaired) electrons. The summed E-state index contributed by atoms with van der Waals surface area (Å²) in [6.07, 6.45) is -3.40. The summed E-state index contributed by atoms with van der Waals surface area (Å²) in [5.41, 5.74) is 2.20. The molecule has 0 amide bonds. The van der Waals surface area contributed by atoms with Crippen molar-refractivity contribution >= 4 is 0 Å². The Morgan fingerprint density at radius 1 is 1.15 bits per heavy atom. The molecule has 9 nitrogen and oxygen atoms in total. The van der Waals surface area contributed by atoms with Gasteiger partial charge in [-0.2, -0.15) is 18.3 Å². The van der Waals surface area contributed by atoms with E-state index in [1.165, 1.54) is 0 Å². The third-order valence-corrected chi connectivity index (χ3v) is 4.89. The maximum atomic E-state index is 13.0. The van der Waals surface area contributed by atoms with E-state index >= 15 is 0 Å². The van der Waals surface area contributed by atoms with Crippen LogP contribution < -0.4 is 10.3 Å². The Labute approximate surface area is 185 Å². The summed E-state index contributed by atoms with van der Waals surface area (Å²) in [7, 11) is 0. The second-order valence-corrected chi connectivity index (χ2v) is 7.20. The summed E-state index contributed by atoms with van der Waals surface area (Å²) in [5.74, 6) is 0.654. The molecule has 1 aromatic carbocycles. The van der Waals surface area contributed by atoms with Crippen LogP contribution in [0.15, 0.2) is 47.4 Å². The molecule has 0 aliphatic heterocycles. The van der Waals surface area contributed by atoms with E-state index in [1.54, 1.807) is 41.1 Å². The highest BCUT2D eigenvalue weighted by Crippen LogP contribution is 2.30. The molecule has 0 atom stereocenters. The lowest BCUT2D eigenvalue weighted by Gasteiger charge is -2.10. The number of nitrogens with zero attached hydrogens (tertiary/aromatic N) is 5. The Kier molecular flexibility index (Phi) is 6.24. The third kappa shape index (κ3) is 5.27. The predicted octanol–water partition coefficient (Wildman–Crippen LogP) is 3.83. The highest BCUT2D eigenvalue weighted by molar-refractivity contribution is 5.81. The molecule has 172 valence electrons. The van der Waals surface area contributed by atoms with E-state index in [1.807, 2.05) is 13.1 Å². The average molecular weight is 459 g/mol. The number of hydrogen-bond donors (Lipinski definition) is 2. The fraction of sp³-hybridized carbons (Fsp3) is 0.286. The molecule has 3 aromatic heterocycles. The first-order valence-corrected chi connectivity index (χ1v) is 10.2. The van der Waals surface area contributed by atoms with Gasteiger partial charge in [0.1, 0.15) is 5.75 Å². The van der Waals surface area contributed by atoms with Gasteiger partial charge in [-0.3, -0.25) is 9.48 Å². The number of aromatic nitrogens is 7. The lowest BCUT2D eigenvalue weighted by atomic mass is 10.0. The Morgan fingerprint density at radius 2 is 1.94 bits per heavy atom. The van der Waals surface area contributed by atoms with Crippen molar-refractivity contribution in [1.29, 1.82) is 0 Å². The summed E-state index contributed by atoms with van der Waals surface area (Å²) in [6.45, 7) is 2.58. The van der Waals surface area contributed by atoms with Gasteiger partial charge in [-0.05, 0) is 65.7 Å². The first kappa shape index (κ1) is 22.2. The number of alkyl halides is 3. The van der Waals surface area contributed by atoms with Gasteiger partial charge in [0.05, 0.1) is 17.9 Å². The van der Waals surface area contributed by atoms with Crippen molar-refractivity contribution in [2.75, 3.05) is 6.61 Å². The van der Waals surface area contributed by atoms with Gasteiger partial charge >= 0.3 is 6.18 Å². The van der Waals surface area contributed by atoms with E-state index in [2.05, 4.69) is 30.7 Å². The largest absolute Gasteiger partial charge is 0.494 e. The molecule has 2 N–H and O–H groups in total. The second-order valence-electron chi connectivity index (χ2n) is 7.20. The van der Waals surface area contributed by atoms with E-state index in [0.717, 1.165) is 0 Å². The van der Waals surface area contributed by atoms with Gasteiger partial charge in [-0.15, -0.1) is 5.10 Å². The van der Waals surface area contributed by atoms with Gasteiger partial charge in [0.25, 0.3) is 5.56 Å². The van der Waals surface area contributed by atoms with Gasteiger partial charge in [0, 0.05) is 30.4 Å². The van der Waals surface area contributed by atoms with Gasteiger partial charge in [0.15, 0.2) is 5.82 Å². The Bertz CT molecular complexity index is 1260. The van der Waals surface area contributed by atoms with E-state index in [0.29, 0.717) is 34.8 Å². The van der Waals surface area contributed by atoms with E-state index in [9.17, 15) is 18.0 Å². The van der Waals surface area contributed by atoms with Crippen molar-refractivity contribution in [3.8, 4) is 39.7 Å². The molecule has 0 aliphatic carbocycles. The summed E-state index contributed by atoms with van der Waals surface area (Å²) in [4.78, 5) is 15.8. The van der Waals surface area contributed by atoms with Gasteiger partial charge in [-0.1, -0.05) is 0 Å². The highest BCUT2D eigenvalue weighted by Gasteiger charge is 2.26. The maximum Gasteiger partial charge on any atom is 0.389 e. The topological polar surface area (TPSA) is 114 Å². The third-order valence-electron chi connectivity index (χ3n) is 4.89. The van der Waals surface area contributed by atoms with Crippen molar-refractivity contribution in [3.05, 3.63) is 52.9 Å². The number of tetrazole rings is 1. The minimum atomic E-state index is -4.20. The number of hydrogen-bond acceptors (Lipinski definition) is 6. The lowest BCUT2D eigenvalue weighted by molar-refractivity contribution is -0.136. The summed E-state index contributed by atoms with van der Waals surface area (Å²) >= 11 is 0. The van der Waals surface area contributed by atoms with Crippen LogP contribution in [0, 0.1) is 0 Å². The zero-order valence-electron chi connectivity index (χ0n) is 17.6. The minimum absolute atomic E-state index is 0.0418. The number of benzene rings is 1. The molecule has 0 saturated carbocycles. The molecule has 0 spiro atoms. The molecule has 12 heteroatoms. The van der Waals surface area contributed by atoms with Crippen LogP contribution in [-0.4, -0.2) is 48.2 Å². The van der Waals surface area contributed by atoms with Crippen LogP contribution in [-0.2, 0) is 6.54 Å². The molecule has 3 heterocycles. The molecule has 0 aliphatic rings. The molecule has 4 aromatic rings.